The molecule has 2 N–H and O–H groups in total. The Bertz CT molecular complexity index is 882. The number of nitrogens with zero attached hydrogens (tertiary/aromatic N) is 2. The van der Waals surface area contributed by atoms with E-state index in [0.29, 0.717) is 26.6 Å². The van der Waals surface area contributed by atoms with Gasteiger partial charge in [0.05, 0.1) is 0 Å². The van der Waals surface area contributed by atoms with Crippen LogP contribution in [0.4, 0.5) is 5.69 Å². The molecule has 7 heteroatoms. The number of carbonyl (C=O) groups excluding carboxylic acids is 1. The number of para-hydroxylation sites is 1. The molecule has 0 unspecified atom stereocenters. The van der Waals surface area contributed by atoms with Crippen molar-refractivity contribution in [2.24, 2.45) is 0 Å². The van der Waals surface area contributed by atoms with Crippen LogP contribution in [0.3, 0.4) is 0 Å². The summed E-state index contributed by atoms with van der Waals surface area (Å²) in [7, 11) is 1.74. The number of hydrogen-bond donors (Lipinski definition) is 2. The fraction of sp³-hybridized carbons (Fsp3) is 0.0588. The molecule has 0 radical (unpaired) electrons. The first-order valence-electron chi connectivity index (χ1n) is 7.00. The second-order valence-electron chi connectivity index (χ2n) is 5.21. The second-order valence-corrected chi connectivity index (χ2v) is 6.41. The Morgan fingerprint density at radius 3 is 2.58 bits per heavy atom. The van der Waals surface area contributed by atoms with E-state index in [9.17, 15) is 15.0 Å². The molecule has 122 valence electrons. The fourth-order valence-corrected chi connectivity index (χ4v) is 3.20. The quantitative estimate of drug-likeness (QED) is 0.456. The number of rotatable bonds is 2. The van der Waals surface area contributed by atoms with E-state index < -0.39 is 0 Å². The topological polar surface area (TPSA) is 64.0 Å². The van der Waals surface area contributed by atoms with E-state index in [1.54, 1.807) is 48.3 Å². The molecule has 1 heterocycles. The molecule has 0 saturated carbocycles. The van der Waals surface area contributed by atoms with E-state index in [2.05, 4.69) is 15.6 Å². The van der Waals surface area contributed by atoms with Gasteiger partial charge < -0.3 is 0 Å². The summed E-state index contributed by atoms with van der Waals surface area (Å²) < 4.78 is 0.591. The first kappa shape index (κ1) is 16.6. The van der Waals surface area contributed by atoms with E-state index in [1.807, 2.05) is 0 Å². The Morgan fingerprint density at radius 2 is 1.88 bits per heavy atom. The fourth-order valence-electron chi connectivity index (χ4n) is 2.41. The van der Waals surface area contributed by atoms with E-state index in [4.69, 9.17) is 11.6 Å². The zero-order valence-corrected chi connectivity index (χ0v) is 15.1. The summed E-state index contributed by atoms with van der Waals surface area (Å²) in [5, 5.41) is 20.1. The van der Waals surface area contributed by atoms with Crippen LogP contribution in [0.15, 0.2) is 48.2 Å². The van der Waals surface area contributed by atoms with Gasteiger partial charge in [0.25, 0.3) is 0 Å². The maximum atomic E-state index is 12.8. The number of amides is 1. The molecule has 1 amide bonds. The predicted molar refractivity (Wildman–Crippen MR) is 95.2 cm³/mol. The van der Waals surface area contributed by atoms with E-state index in [0.717, 1.165) is 0 Å². The van der Waals surface area contributed by atoms with E-state index in [1.165, 1.54) is 17.0 Å². The van der Waals surface area contributed by atoms with Crippen LogP contribution in [-0.4, -0.2) is 48.3 Å². The van der Waals surface area contributed by atoms with Gasteiger partial charge in [-0.1, -0.05) is 0 Å². The molecule has 1 aliphatic rings. The molecular formula is C17H13ClN2O3Se. The Hall–Kier alpha value is -2.27. The summed E-state index contributed by atoms with van der Waals surface area (Å²) in [5.74, 6) is -0.776. The minimum atomic E-state index is -0.269. The second kappa shape index (κ2) is 6.32. The summed E-state index contributed by atoms with van der Waals surface area (Å²) in [5.41, 5.74) is 1.34. The van der Waals surface area contributed by atoms with Gasteiger partial charge in [0.1, 0.15) is 0 Å². The van der Waals surface area contributed by atoms with Gasteiger partial charge in [0.2, 0.25) is 0 Å². The molecule has 2 aromatic rings. The summed E-state index contributed by atoms with van der Waals surface area (Å²) in [6.45, 7) is 0. The average Bonchev–Trinajstić information content (AvgIpc) is 2.75. The van der Waals surface area contributed by atoms with Crippen molar-refractivity contribution in [3.05, 3.63) is 58.7 Å². The van der Waals surface area contributed by atoms with Crippen molar-refractivity contribution in [2.75, 3.05) is 11.9 Å². The summed E-state index contributed by atoms with van der Waals surface area (Å²) >= 11 is 8.89. The van der Waals surface area contributed by atoms with Crippen LogP contribution in [0.1, 0.15) is 5.56 Å². The monoisotopic (exact) mass is 408 g/mol. The van der Waals surface area contributed by atoms with Crippen molar-refractivity contribution in [3.63, 3.8) is 0 Å². The van der Waals surface area contributed by atoms with Crippen LogP contribution in [0, 0.1) is 0 Å². The van der Waals surface area contributed by atoms with Crippen LogP contribution in [0.25, 0.3) is 6.08 Å². The van der Waals surface area contributed by atoms with Gasteiger partial charge in [-0.3, -0.25) is 0 Å². The zero-order valence-electron chi connectivity index (χ0n) is 12.6. The van der Waals surface area contributed by atoms with Gasteiger partial charge in [-0.2, -0.15) is 0 Å². The van der Waals surface area contributed by atoms with Crippen LogP contribution in [0.5, 0.6) is 11.5 Å². The predicted octanol–water partition coefficient (Wildman–Crippen LogP) is 2.33. The van der Waals surface area contributed by atoms with Crippen LogP contribution < -0.4 is 4.90 Å². The van der Waals surface area contributed by atoms with Gasteiger partial charge in [-0.15, -0.1) is 0 Å². The molecular weight excluding hydrogens is 395 g/mol. The third-order valence-corrected chi connectivity index (χ3v) is 4.86. The number of halogens is 1. The Labute approximate surface area is 151 Å². The summed E-state index contributed by atoms with van der Waals surface area (Å²) in [4.78, 5) is 16.0. The van der Waals surface area contributed by atoms with E-state index >= 15 is 0 Å². The number of phenolic OH excluding ortho intramolecular Hbond substituents is 2. The van der Waals surface area contributed by atoms with E-state index in [-0.39, 0.29) is 17.4 Å². The Morgan fingerprint density at radius 1 is 1.17 bits per heavy atom. The molecule has 0 aromatic heterocycles. The molecule has 1 fully saturated rings. The van der Waals surface area contributed by atoms with Crippen LogP contribution >= 0.6 is 11.6 Å². The number of phenols is 2. The van der Waals surface area contributed by atoms with Crippen molar-refractivity contribution in [1.29, 1.82) is 0 Å². The van der Waals surface area contributed by atoms with Crippen molar-refractivity contribution in [1.82, 2.24) is 4.90 Å². The molecule has 2 aromatic carbocycles. The average molecular weight is 408 g/mol. The number of hydrogen-bond acceptors (Lipinski definition) is 4. The summed E-state index contributed by atoms with van der Waals surface area (Å²) in [6, 6.07) is 11.6. The standard InChI is InChI=1S/C17H13ClN2O3Se/c1-19-13(8-10-4-2-7-14(21)15(10)22)16(23)20(17(19)24)12-6-3-5-11(18)9-12/h2-9,21-22H,1H3/b13-8+. The minimum absolute atomic E-state index is 0.239. The zero-order chi connectivity index (χ0) is 17.4. The number of aromatic hydroxyl groups is 2. The summed E-state index contributed by atoms with van der Waals surface area (Å²) in [6.07, 6.45) is 1.53. The molecule has 0 aliphatic carbocycles. The van der Waals surface area contributed by atoms with Crippen molar-refractivity contribution < 1.29 is 15.0 Å². The first-order valence-corrected chi connectivity index (χ1v) is 8.24. The molecule has 1 aliphatic heterocycles. The van der Waals surface area contributed by atoms with Gasteiger partial charge in [-0.05, 0) is 0 Å². The SMILES string of the molecule is CN1C(=[Se])N(c2cccc(Cl)c2)C(=O)/C1=C\c1cccc(O)c1O. The van der Waals surface area contributed by atoms with Gasteiger partial charge in [0, 0.05) is 0 Å². The molecule has 1 saturated heterocycles. The van der Waals surface area contributed by atoms with Crippen LogP contribution in [0.2, 0.25) is 5.02 Å². The van der Waals surface area contributed by atoms with Gasteiger partial charge in [-0.25, -0.2) is 0 Å². The molecule has 3 rings (SSSR count). The molecule has 24 heavy (non-hydrogen) atoms. The maximum absolute atomic E-state index is 12.8. The van der Waals surface area contributed by atoms with Gasteiger partial charge in [0.15, 0.2) is 0 Å². The Kier molecular flexibility index (Phi) is 4.37. The number of benzene rings is 2. The van der Waals surface area contributed by atoms with Crippen LogP contribution in [-0.2, 0) is 4.79 Å². The molecule has 0 spiro atoms. The third kappa shape index (κ3) is 2.80. The number of carbonyl (C=O) groups is 1. The molecule has 0 atom stereocenters. The van der Waals surface area contributed by atoms with Crippen molar-refractivity contribution in [3.8, 4) is 11.5 Å². The molecule has 5 nitrogen and oxygen atoms in total. The first-order chi connectivity index (χ1) is 11.4. The Balaban J connectivity index is 2.05. The number of likely N-dealkylation sites (N-methyl/N-ethyl adjacent to an activating group) is 1. The van der Waals surface area contributed by atoms with Gasteiger partial charge >= 0.3 is 152 Å². The third-order valence-electron chi connectivity index (χ3n) is 3.67. The molecule has 0 bridgehead atoms. The van der Waals surface area contributed by atoms with Crippen molar-refractivity contribution >= 4 is 49.5 Å². The normalized spacial score (nSPS) is 16.3. The number of anilines is 1. The van der Waals surface area contributed by atoms with Crippen molar-refractivity contribution in [2.45, 2.75) is 0 Å².